The number of ether oxygens (including phenoxy) is 1. The molecule has 1 aromatic rings. The summed E-state index contributed by atoms with van der Waals surface area (Å²) in [4.78, 5) is 9.18. The molecule has 27 heavy (non-hydrogen) atoms. The summed E-state index contributed by atoms with van der Waals surface area (Å²) < 4.78 is 27.7. The number of halogens is 1. The van der Waals surface area contributed by atoms with Crippen LogP contribution >= 0.6 is 24.0 Å². The van der Waals surface area contributed by atoms with Crippen molar-refractivity contribution in [2.45, 2.75) is 13.3 Å². The highest BCUT2D eigenvalue weighted by molar-refractivity contribution is 14.0. The Bertz CT molecular complexity index is 687. The second kappa shape index (κ2) is 11.6. The van der Waals surface area contributed by atoms with Crippen molar-refractivity contribution in [3.05, 3.63) is 24.3 Å². The van der Waals surface area contributed by atoms with E-state index in [0.29, 0.717) is 13.0 Å². The summed E-state index contributed by atoms with van der Waals surface area (Å²) in [7, 11) is -1.25. The van der Waals surface area contributed by atoms with Crippen molar-refractivity contribution in [3.8, 4) is 5.75 Å². The summed E-state index contributed by atoms with van der Waals surface area (Å²) in [6, 6.07) is 8.13. The molecule has 1 N–H and O–H groups in total. The summed E-state index contributed by atoms with van der Waals surface area (Å²) in [5.41, 5.74) is 1.19. The second-order valence-corrected chi connectivity index (χ2v) is 8.65. The number of piperazine rings is 1. The molecule has 1 heterocycles. The molecule has 0 amide bonds. The Morgan fingerprint density at radius 2 is 1.81 bits per heavy atom. The van der Waals surface area contributed by atoms with Crippen molar-refractivity contribution >= 4 is 45.5 Å². The van der Waals surface area contributed by atoms with Crippen LogP contribution in [-0.4, -0.2) is 77.7 Å². The van der Waals surface area contributed by atoms with Crippen molar-refractivity contribution in [1.29, 1.82) is 0 Å². The lowest BCUT2D eigenvalue weighted by Gasteiger charge is -2.37. The molecule has 0 radical (unpaired) electrons. The van der Waals surface area contributed by atoms with Gasteiger partial charge in [-0.15, -0.1) is 24.0 Å². The van der Waals surface area contributed by atoms with Gasteiger partial charge in [-0.3, -0.25) is 4.99 Å². The maximum atomic E-state index is 11.2. The van der Waals surface area contributed by atoms with Crippen LogP contribution in [-0.2, 0) is 9.84 Å². The smallest absolute Gasteiger partial charge is 0.194 e. The minimum absolute atomic E-state index is 0. The van der Waals surface area contributed by atoms with Gasteiger partial charge in [0.2, 0.25) is 0 Å². The Hall–Kier alpha value is -1.23. The molecule has 1 aromatic carbocycles. The molecule has 1 saturated heterocycles. The monoisotopic (exact) mass is 510 g/mol. The Kier molecular flexibility index (Phi) is 10.2. The number of hydrogen-bond donors (Lipinski definition) is 1. The molecule has 0 saturated carbocycles. The number of nitrogens with zero attached hydrogens (tertiary/aromatic N) is 3. The number of rotatable bonds is 7. The summed E-state index contributed by atoms with van der Waals surface area (Å²) >= 11 is 0. The number of sulfone groups is 1. The van der Waals surface area contributed by atoms with Gasteiger partial charge in [0.1, 0.15) is 15.6 Å². The predicted octanol–water partition coefficient (Wildman–Crippen LogP) is 1.84. The van der Waals surface area contributed by atoms with E-state index in [4.69, 9.17) is 4.74 Å². The number of hydrogen-bond acceptors (Lipinski definition) is 5. The maximum Gasteiger partial charge on any atom is 0.194 e. The molecule has 1 aliphatic rings. The number of aliphatic imine (C=N–C) groups is 1. The summed E-state index contributed by atoms with van der Waals surface area (Å²) in [5, 5.41) is 3.31. The van der Waals surface area contributed by atoms with E-state index in [1.807, 2.05) is 19.1 Å². The van der Waals surface area contributed by atoms with Gasteiger partial charge in [0.15, 0.2) is 5.96 Å². The molecule has 154 valence electrons. The van der Waals surface area contributed by atoms with Crippen LogP contribution in [0.2, 0.25) is 0 Å². The number of nitrogens with one attached hydrogen (secondary N) is 1. The van der Waals surface area contributed by atoms with E-state index in [-0.39, 0.29) is 29.7 Å². The lowest BCUT2D eigenvalue weighted by atomic mass is 10.2. The number of methoxy groups -OCH3 is 1. The first kappa shape index (κ1) is 23.8. The van der Waals surface area contributed by atoms with Crippen LogP contribution in [0.15, 0.2) is 29.3 Å². The molecule has 1 aliphatic heterocycles. The third kappa shape index (κ3) is 8.12. The van der Waals surface area contributed by atoms with E-state index in [1.54, 1.807) is 7.11 Å². The van der Waals surface area contributed by atoms with Crippen LogP contribution in [0.4, 0.5) is 5.69 Å². The van der Waals surface area contributed by atoms with Gasteiger partial charge < -0.3 is 19.9 Å². The van der Waals surface area contributed by atoms with E-state index < -0.39 is 9.84 Å². The SMILES string of the molecule is CCNC(=NCCCS(C)(=O)=O)N1CCN(c2ccc(OC)cc2)CC1.I. The van der Waals surface area contributed by atoms with Gasteiger partial charge in [0.05, 0.1) is 12.9 Å². The third-order valence-corrected chi connectivity index (χ3v) is 5.32. The molecule has 0 aromatic heterocycles. The number of guanidine groups is 1. The largest absolute Gasteiger partial charge is 0.497 e. The third-order valence-electron chi connectivity index (χ3n) is 4.29. The van der Waals surface area contributed by atoms with Gasteiger partial charge in [-0.2, -0.15) is 0 Å². The normalized spacial score (nSPS) is 15.3. The van der Waals surface area contributed by atoms with Gasteiger partial charge >= 0.3 is 0 Å². The molecule has 0 aliphatic carbocycles. The van der Waals surface area contributed by atoms with Crippen LogP contribution in [0.3, 0.4) is 0 Å². The van der Waals surface area contributed by atoms with Gasteiger partial charge in [-0.25, -0.2) is 8.42 Å². The Morgan fingerprint density at radius 3 is 2.33 bits per heavy atom. The van der Waals surface area contributed by atoms with E-state index in [1.165, 1.54) is 11.9 Å². The van der Waals surface area contributed by atoms with Crippen LogP contribution in [0.25, 0.3) is 0 Å². The number of benzene rings is 1. The van der Waals surface area contributed by atoms with E-state index >= 15 is 0 Å². The summed E-state index contributed by atoms with van der Waals surface area (Å²) in [6.45, 7) is 6.95. The molecular formula is C18H31IN4O3S. The molecule has 0 spiro atoms. The predicted molar refractivity (Wildman–Crippen MR) is 123 cm³/mol. The van der Waals surface area contributed by atoms with Crippen molar-refractivity contribution in [2.24, 2.45) is 4.99 Å². The second-order valence-electron chi connectivity index (χ2n) is 6.39. The summed E-state index contributed by atoms with van der Waals surface area (Å²) in [5.74, 6) is 1.92. The first-order chi connectivity index (χ1) is 12.4. The average molecular weight is 510 g/mol. The van der Waals surface area contributed by atoms with Crippen molar-refractivity contribution < 1.29 is 13.2 Å². The van der Waals surface area contributed by atoms with Crippen LogP contribution in [0.1, 0.15) is 13.3 Å². The average Bonchev–Trinajstić information content (AvgIpc) is 2.64. The van der Waals surface area contributed by atoms with Gasteiger partial charge in [0.25, 0.3) is 0 Å². The molecule has 1 fully saturated rings. The molecule has 0 bridgehead atoms. The topological polar surface area (TPSA) is 74.2 Å². The molecule has 7 nitrogen and oxygen atoms in total. The fraction of sp³-hybridized carbons (Fsp3) is 0.611. The van der Waals surface area contributed by atoms with E-state index in [2.05, 4.69) is 32.2 Å². The molecule has 0 atom stereocenters. The highest BCUT2D eigenvalue weighted by Gasteiger charge is 2.19. The van der Waals surface area contributed by atoms with Gasteiger partial charge in [0, 0.05) is 51.2 Å². The highest BCUT2D eigenvalue weighted by Crippen LogP contribution is 2.20. The first-order valence-corrected chi connectivity index (χ1v) is 11.1. The summed E-state index contributed by atoms with van der Waals surface area (Å²) in [6.07, 6.45) is 1.82. The van der Waals surface area contributed by atoms with Gasteiger partial charge in [-0.1, -0.05) is 0 Å². The standard InChI is InChI=1S/C18H30N4O3S.HI/c1-4-19-18(20-10-5-15-26(3,23)24)22-13-11-21(12-14-22)16-6-8-17(25-2)9-7-16;/h6-9H,4-5,10-15H2,1-3H3,(H,19,20);1H. The van der Waals surface area contributed by atoms with E-state index in [0.717, 1.165) is 44.4 Å². The first-order valence-electron chi connectivity index (χ1n) is 9.03. The fourth-order valence-corrected chi connectivity index (χ4v) is 3.56. The lowest BCUT2D eigenvalue weighted by molar-refractivity contribution is 0.372. The van der Waals surface area contributed by atoms with E-state index in [9.17, 15) is 8.42 Å². The minimum atomic E-state index is -2.92. The van der Waals surface area contributed by atoms with Gasteiger partial charge in [-0.05, 0) is 37.6 Å². The Morgan fingerprint density at radius 1 is 1.19 bits per heavy atom. The molecular weight excluding hydrogens is 479 g/mol. The van der Waals surface area contributed by atoms with Crippen LogP contribution in [0, 0.1) is 0 Å². The molecule has 9 heteroatoms. The Balaban J connectivity index is 0.00000364. The zero-order valence-electron chi connectivity index (χ0n) is 16.3. The fourth-order valence-electron chi connectivity index (χ4n) is 2.91. The zero-order chi connectivity index (χ0) is 19.0. The zero-order valence-corrected chi connectivity index (χ0v) is 19.5. The number of anilines is 1. The minimum Gasteiger partial charge on any atom is -0.497 e. The van der Waals surface area contributed by atoms with Crippen molar-refractivity contribution in [2.75, 3.05) is 63.3 Å². The maximum absolute atomic E-state index is 11.2. The van der Waals surface area contributed by atoms with Crippen LogP contribution in [0.5, 0.6) is 5.75 Å². The Labute approximate surface area is 180 Å². The van der Waals surface area contributed by atoms with Crippen molar-refractivity contribution in [1.82, 2.24) is 10.2 Å². The molecule has 0 unspecified atom stereocenters. The molecule has 2 rings (SSSR count). The lowest BCUT2D eigenvalue weighted by Crippen LogP contribution is -2.52. The quantitative estimate of drug-likeness (QED) is 0.261. The van der Waals surface area contributed by atoms with Crippen molar-refractivity contribution in [3.63, 3.8) is 0 Å². The van der Waals surface area contributed by atoms with Crippen LogP contribution < -0.4 is 15.0 Å². The highest BCUT2D eigenvalue weighted by atomic mass is 127.